The maximum Gasteiger partial charge on any atom is 0.435 e. The summed E-state index contributed by atoms with van der Waals surface area (Å²) in [7, 11) is 0. The second-order valence-corrected chi connectivity index (χ2v) is 4.37. The molecule has 4 nitrogen and oxygen atoms in total. The van der Waals surface area contributed by atoms with Gasteiger partial charge in [0.1, 0.15) is 0 Å². The summed E-state index contributed by atoms with van der Waals surface area (Å²) < 4.78 is 37.1. The number of hydrogen-bond acceptors (Lipinski definition) is 2. The molecule has 0 aromatic carbocycles. The first-order chi connectivity index (χ1) is 7.83. The smallest absolute Gasteiger partial charge is 0.435 e. The Labute approximate surface area is 94.8 Å². The number of alkyl halides is 3. The first-order valence-electron chi connectivity index (χ1n) is 5.18. The third-order valence-corrected chi connectivity index (χ3v) is 3.24. The number of rotatable bonds is 3. The van der Waals surface area contributed by atoms with E-state index in [0.29, 0.717) is 12.8 Å². The molecule has 0 unspecified atom stereocenters. The van der Waals surface area contributed by atoms with Gasteiger partial charge in [0.05, 0.1) is 6.42 Å². The Bertz CT molecular complexity index is 435. The predicted octanol–water partition coefficient (Wildman–Crippen LogP) is 2.32. The maximum atomic E-state index is 12.4. The molecule has 1 aliphatic carbocycles. The second kappa shape index (κ2) is 3.75. The van der Waals surface area contributed by atoms with Crippen LogP contribution in [0.4, 0.5) is 13.2 Å². The molecule has 0 saturated heterocycles. The van der Waals surface area contributed by atoms with Gasteiger partial charge in [-0.2, -0.15) is 18.3 Å². The van der Waals surface area contributed by atoms with Gasteiger partial charge in [0.2, 0.25) is 0 Å². The van der Waals surface area contributed by atoms with E-state index in [1.165, 1.54) is 0 Å². The Morgan fingerprint density at radius 3 is 2.53 bits per heavy atom. The lowest BCUT2D eigenvalue weighted by atomic mass is 9.64. The van der Waals surface area contributed by atoms with Crippen molar-refractivity contribution in [3.05, 3.63) is 17.5 Å². The molecule has 0 amide bonds. The van der Waals surface area contributed by atoms with Gasteiger partial charge in [-0.15, -0.1) is 0 Å². The van der Waals surface area contributed by atoms with Crippen molar-refractivity contribution in [3.8, 4) is 0 Å². The van der Waals surface area contributed by atoms with Crippen LogP contribution in [0.25, 0.3) is 0 Å². The molecule has 7 heteroatoms. The molecular formula is C10H11F3N2O2. The standard InChI is InChI=1S/C10H11F3N2O2/c11-10(12,13)7-4-6(14-15-7)9(2-1-3-9)5-8(16)17/h4H,1-3,5H2,(H,14,15)(H,16,17). The number of halogens is 3. The van der Waals surface area contributed by atoms with Crippen LogP contribution in [0.15, 0.2) is 6.07 Å². The molecule has 0 atom stereocenters. The fraction of sp³-hybridized carbons (Fsp3) is 0.600. The molecule has 2 N–H and O–H groups in total. The van der Waals surface area contributed by atoms with E-state index in [0.717, 1.165) is 12.5 Å². The number of aromatic amines is 1. The minimum absolute atomic E-state index is 0.160. The van der Waals surface area contributed by atoms with E-state index in [1.807, 2.05) is 0 Å². The van der Waals surface area contributed by atoms with Gasteiger partial charge in [-0.1, -0.05) is 6.42 Å². The van der Waals surface area contributed by atoms with Crippen molar-refractivity contribution in [3.63, 3.8) is 0 Å². The average Bonchev–Trinajstić information content (AvgIpc) is 2.58. The van der Waals surface area contributed by atoms with Gasteiger partial charge in [-0.05, 0) is 18.9 Å². The molecule has 0 spiro atoms. The van der Waals surface area contributed by atoms with Crippen LogP contribution in [0.3, 0.4) is 0 Å². The molecule has 2 rings (SSSR count). The lowest BCUT2D eigenvalue weighted by Crippen LogP contribution is -2.37. The molecule has 1 aromatic rings. The van der Waals surface area contributed by atoms with E-state index in [2.05, 4.69) is 10.2 Å². The fourth-order valence-electron chi connectivity index (χ4n) is 2.17. The number of aromatic nitrogens is 2. The van der Waals surface area contributed by atoms with Gasteiger partial charge in [0.15, 0.2) is 5.69 Å². The number of carboxylic acids is 1. The molecular weight excluding hydrogens is 237 g/mol. The van der Waals surface area contributed by atoms with Crippen LogP contribution < -0.4 is 0 Å². The SMILES string of the molecule is O=C(O)CC1(c2cc(C(F)(F)F)n[nH]2)CCC1. The van der Waals surface area contributed by atoms with Crippen LogP contribution in [-0.2, 0) is 16.4 Å². The van der Waals surface area contributed by atoms with E-state index in [-0.39, 0.29) is 12.1 Å². The van der Waals surface area contributed by atoms with Gasteiger partial charge >= 0.3 is 12.1 Å². The van der Waals surface area contributed by atoms with Crippen LogP contribution in [-0.4, -0.2) is 21.3 Å². The Hall–Kier alpha value is -1.53. The van der Waals surface area contributed by atoms with Gasteiger partial charge in [0, 0.05) is 11.1 Å². The van der Waals surface area contributed by atoms with Crippen molar-refractivity contribution in [2.45, 2.75) is 37.3 Å². The first kappa shape index (κ1) is 11.9. The average molecular weight is 248 g/mol. The zero-order chi connectivity index (χ0) is 12.7. The summed E-state index contributed by atoms with van der Waals surface area (Å²) >= 11 is 0. The van der Waals surface area contributed by atoms with Gasteiger partial charge in [0.25, 0.3) is 0 Å². The summed E-state index contributed by atoms with van der Waals surface area (Å²) in [4.78, 5) is 10.7. The zero-order valence-electron chi connectivity index (χ0n) is 8.84. The number of nitrogens with zero attached hydrogens (tertiary/aromatic N) is 1. The van der Waals surface area contributed by atoms with Crippen molar-refractivity contribution in [2.75, 3.05) is 0 Å². The Balaban J connectivity index is 2.26. The Kier molecular flexibility index (Phi) is 2.63. The number of aliphatic carboxylic acids is 1. The molecule has 1 fully saturated rings. The van der Waals surface area contributed by atoms with E-state index < -0.39 is 23.3 Å². The molecule has 17 heavy (non-hydrogen) atoms. The minimum atomic E-state index is -4.50. The lowest BCUT2D eigenvalue weighted by Gasteiger charge is -2.39. The Morgan fingerprint density at radius 1 is 1.53 bits per heavy atom. The molecule has 0 radical (unpaired) electrons. The topological polar surface area (TPSA) is 66.0 Å². The number of carboxylic acid groups (broad SMARTS) is 1. The third kappa shape index (κ3) is 2.13. The van der Waals surface area contributed by atoms with Crippen molar-refractivity contribution < 1.29 is 23.1 Å². The minimum Gasteiger partial charge on any atom is -0.481 e. The summed E-state index contributed by atoms with van der Waals surface area (Å²) in [5.41, 5.74) is -1.41. The van der Waals surface area contributed by atoms with Gasteiger partial charge in [-0.25, -0.2) is 0 Å². The van der Waals surface area contributed by atoms with Gasteiger partial charge in [-0.3, -0.25) is 9.89 Å². The van der Waals surface area contributed by atoms with Gasteiger partial charge < -0.3 is 5.11 Å². The number of nitrogens with one attached hydrogen (secondary N) is 1. The molecule has 1 saturated carbocycles. The Morgan fingerprint density at radius 2 is 2.18 bits per heavy atom. The summed E-state index contributed by atoms with van der Waals surface area (Å²) in [5.74, 6) is -1.01. The number of H-pyrrole nitrogens is 1. The third-order valence-electron chi connectivity index (χ3n) is 3.24. The quantitative estimate of drug-likeness (QED) is 0.862. The number of hydrogen-bond donors (Lipinski definition) is 2. The van der Waals surface area contributed by atoms with Crippen molar-refractivity contribution >= 4 is 5.97 Å². The van der Waals surface area contributed by atoms with E-state index >= 15 is 0 Å². The highest BCUT2D eigenvalue weighted by Crippen LogP contribution is 2.46. The second-order valence-electron chi connectivity index (χ2n) is 4.37. The molecule has 1 aliphatic rings. The molecule has 94 valence electrons. The first-order valence-corrected chi connectivity index (χ1v) is 5.18. The highest BCUT2D eigenvalue weighted by molar-refractivity contribution is 5.69. The maximum absolute atomic E-state index is 12.4. The summed E-state index contributed by atoms with van der Waals surface area (Å²) in [6, 6.07) is 0.919. The fourth-order valence-corrected chi connectivity index (χ4v) is 2.17. The normalized spacial score (nSPS) is 18.8. The van der Waals surface area contributed by atoms with E-state index in [9.17, 15) is 18.0 Å². The van der Waals surface area contributed by atoms with Crippen molar-refractivity contribution in [1.82, 2.24) is 10.2 Å². The summed E-state index contributed by atoms with van der Waals surface area (Å²) in [6.07, 6.45) is -2.67. The van der Waals surface area contributed by atoms with E-state index in [1.54, 1.807) is 0 Å². The van der Waals surface area contributed by atoms with E-state index in [4.69, 9.17) is 5.11 Å². The monoisotopic (exact) mass is 248 g/mol. The highest BCUT2D eigenvalue weighted by Gasteiger charge is 2.44. The van der Waals surface area contributed by atoms with Crippen molar-refractivity contribution in [2.24, 2.45) is 0 Å². The molecule has 0 bridgehead atoms. The predicted molar refractivity (Wildman–Crippen MR) is 51.4 cm³/mol. The number of carbonyl (C=O) groups is 1. The summed E-state index contributed by atoms with van der Waals surface area (Å²) in [6.45, 7) is 0. The van der Waals surface area contributed by atoms with Crippen LogP contribution in [0.2, 0.25) is 0 Å². The van der Waals surface area contributed by atoms with Crippen LogP contribution in [0, 0.1) is 0 Å². The summed E-state index contributed by atoms with van der Waals surface area (Å²) in [5, 5.41) is 14.3. The zero-order valence-corrected chi connectivity index (χ0v) is 8.84. The largest absolute Gasteiger partial charge is 0.481 e. The van der Waals surface area contributed by atoms with Crippen LogP contribution in [0.1, 0.15) is 37.1 Å². The highest BCUT2D eigenvalue weighted by atomic mass is 19.4. The molecule has 1 aromatic heterocycles. The van der Waals surface area contributed by atoms with Crippen LogP contribution in [0.5, 0.6) is 0 Å². The lowest BCUT2D eigenvalue weighted by molar-refractivity contribution is -0.141. The van der Waals surface area contributed by atoms with Crippen LogP contribution >= 0.6 is 0 Å². The molecule has 0 aliphatic heterocycles. The molecule has 1 heterocycles. The van der Waals surface area contributed by atoms with Crippen molar-refractivity contribution in [1.29, 1.82) is 0 Å².